The van der Waals surface area contributed by atoms with Crippen LogP contribution in [0.1, 0.15) is 20.7 Å². The minimum Gasteiger partial charge on any atom is -0.355 e. The SMILES string of the molecule is CNC(=O)c1c(F)c(F)c(F)c(F)c1C=O. The van der Waals surface area contributed by atoms with Crippen LogP contribution in [0.4, 0.5) is 17.6 Å². The van der Waals surface area contributed by atoms with Crippen molar-refractivity contribution in [2.24, 2.45) is 0 Å². The van der Waals surface area contributed by atoms with E-state index in [9.17, 15) is 27.2 Å². The third kappa shape index (κ3) is 1.64. The molecule has 1 rings (SSSR count). The highest BCUT2D eigenvalue weighted by Gasteiger charge is 2.28. The van der Waals surface area contributed by atoms with Crippen LogP contribution in [0.2, 0.25) is 0 Å². The van der Waals surface area contributed by atoms with Gasteiger partial charge in [-0.05, 0) is 0 Å². The van der Waals surface area contributed by atoms with E-state index in [1.54, 1.807) is 0 Å². The van der Waals surface area contributed by atoms with Gasteiger partial charge in [-0.15, -0.1) is 0 Å². The van der Waals surface area contributed by atoms with Gasteiger partial charge in [0.05, 0.1) is 11.1 Å². The van der Waals surface area contributed by atoms with Crippen LogP contribution >= 0.6 is 0 Å². The molecule has 1 N–H and O–H groups in total. The van der Waals surface area contributed by atoms with Gasteiger partial charge in [0.1, 0.15) is 0 Å². The monoisotopic (exact) mass is 235 g/mol. The Labute approximate surface area is 87.1 Å². The van der Waals surface area contributed by atoms with Gasteiger partial charge in [-0.1, -0.05) is 0 Å². The van der Waals surface area contributed by atoms with Gasteiger partial charge in [-0.2, -0.15) is 0 Å². The maximum Gasteiger partial charge on any atom is 0.254 e. The number of carbonyl (C=O) groups excluding carboxylic acids is 2. The first-order valence-corrected chi connectivity index (χ1v) is 3.98. The maximum absolute atomic E-state index is 13.1. The second-order valence-electron chi connectivity index (χ2n) is 2.74. The lowest BCUT2D eigenvalue weighted by atomic mass is 10.1. The Bertz CT molecular complexity index is 473. The largest absolute Gasteiger partial charge is 0.355 e. The molecule has 0 fully saturated rings. The van der Waals surface area contributed by atoms with Crippen LogP contribution in [0.15, 0.2) is 0 Å². The van der Waals surface area contributed by atoms with Gasteiger partial charge in [-0.3, -0.25) is 9.59 Å². The Balaban J connectivity index is 3.70. The summed E-state index contributed by atoms with van der Waals surface area (Å²) in [5.41, 5.74) is -2.32. The van der Waals surface area contributed by atoms with Crippen LogP contribution in [0.25, 0.3) is 0 Å². The van der Waals surface area contributed by atoms with Gasteiger partial charge >= 0.3 is 0 Å². The van der Waals surface area contributed by atoms with Gasteiger partial charge in [0.2, 0.25) is 0 Å². The fourth-order valence-corrected chi connectivity index (χ4v) is 1.11. The second-order valence-corrected chi connectivity index (χ2v) is 2.74. The van der Waals surface area contributed by atoms with E-state index in [1.807, 2.05) is 5.32 Å². The molecule has 0 saturated heterocycles. The van der Waals surface area contributed by atoms with Gasteiger partial charge in [0.25, 0.3) is 5.91 Å². The molecule has 86 valence electrons. The Kier molecular flexibility index (Phi) is 3.26. The molecule has 0 aromatic heterocycles. The van der Waals surface area contributed by atoms with Crippen LogP contribution in [0.5, 0.6) is 0 Å². The lowest BCUT2D eigenvalue weighted by molar-refractivity contribution is 0.0950. The summed E-state index contributed by atoms with van der Waals surface area (Å²) >= 11 is 0. The standard InChI is InChI=1S/C9H5F4NO2/c1-14-9(16)4-3(2-15)5(10)7(12)8(13)6(4)11/h2H,1H3,(H,14,16). The van der Waals surface area contributed by atoms with Gasteiger partial charge in [0.15, 0.2) is 29.6 Å². The summed E-state index contributed by atoms with van der Waals surface area (Å²) in [6.45, 7) is 0. The molecule has 0 bridgehead atoms. The van der Waals surface area contributed by atoms with Crippen LogP contribution in [-0.4, -0.2) is 19.2 Å². The number of hydrogen-bond donors (Lipinski definition) is 1. The molecular weight excluding hydrogens is 230 g/mol. The molecule has 7 heteroatoms. The summed E-state index contributed by atoms with van der Waals surface area (Å²) in [5, 5.41) is 1.88. The van der Waals surface area contributed by atoms with E-state index in [1.165, 1.54) is 0 Å². The number of carbonyl (C=O) groups is 2. The Morgan fingerprint density at radius 2 is 1.56 bits per heavy atom. The molecule has 0 heterocycles. The van der Waals surface area contributed by atoms with Crippen LogP contribution in [-0.2, 0) is 0 Å². The molecule has 16 heavy (non-hydrogen) atoms. The summed E-state index contributed by atoms with van der Waals surface area (Å²) in [5.74, 6) is -9.29. The van der Waals surface area contributed by atoms with Gasteiger partial charge < -0.3 is 5.32 Å². The number of amides is 1. The molecular formula is C9H5F4NO2. The zero-order valence-corrected chi connectivity index (χ0v) is 7.91. The van der Waals surface area contributed by atoms with Crippen molar-refractivity contribution in [3.63, 3.8) is 0 Å². The van der Waals surface area contributed by atoms with Crippen molar-refractivity contribution >= 4 is 12.2 Å². The van der Waals surface area contributed by atoms with Crippen molar-refractivity contribution in [1.29, 1.82) is 0 Å². The van der Waals surface area contributed by atoms with Crippen LogP contribution < -0.4 is 5.32 Å². The lowest BCUT2D eigenvalue weighted by Gasteiger charge is -2.07. The van der Waals surface area contributed by atoms with Crippen LogP contribution in [0, 0.1) is 23.3 Å². The zero-order chi connectivity index (χ0) is 12.5. The van der Waals surface area contributed by atoms with E-state index in [0.717, 1.165) is 7.05 Å². The zero-order valence-electron chi connectivity index (χ0n) is 7.91. The molecule has 1 amide bonds. The lowest BCUT2D eigenvalue weighted by Crippen LogP contribution is -2.23. The smallest absolute Gasteiger partial charge is 0.254 e. The average molecular weight is 235 g/mol. The van der Waals surface area contributed by atoms with E-state index in [-0.39, 0.29) is 6.29 Å². The summed E-state index contributed by atoms with van der Waals surface area (Å²) in [7, 11) is 1.07. The third-order valence-corrected chi connectivity index (χ3v) is 1.88. The first kappa shape index (κ1) is 12.2. The maximum atomic E-state index is 13.1. The molecule has 0 saturated carbocycles. The third-order valence-electron chi connectivity index (χ3n) is 1.88. The van der Waals surface area contributed by atoms with Crippen molar-refractivity contribution in [1.82, 2.24) is 5.32 Å². The number of benzene rings is 1. The highest BCUT2D eigenvalue weighted by atomic mass is 19.2. The Morgan fingerprint density at radius 1 is 1.06 bits per heavy atom. The van der Waals surface area contributed by atoms with Crippen LogP contribution in [0.3, 0.4) is 0 Å². The van der Waals surface area contributed by atoms with Gasteiger partial charge in [-0.25, -0.2) is 17.6 Å². The first-order chi connectivity index (χ1) is 7.45. The molecule has 1 aromatic rings. The normalized spacial score (nSPS) is 10.1. The Hall–Kier alpha value is -1.92. The number of rotatable bonds is 2. The molecule has 0 aliphatic heterocycles. The molecule has 0 aliphatic rings. The van der Waals surface area contributed by atoms with Crippen molar-refractivity contribution in [2.75, 3.05) is 7.05 Å². The minimum atomic E-state index is -2.14. The summed E-state index contributed by atoms with van der Waals surface area (Å²) in [4.78, 5) is 21.5. The number of nitrogens with one attached hydrogen (secondary N) is 1. The number of halogens is 4. The van der Waals surface area contributed by atoms with E-state index in [4.69, 9.17) is 0 Å². The molecule has 1 aromatic carbocycles. The molecule has 3 nitrogen and oxygen atoms in total. The predicted molar refractivity (Wildman–Crippen MR) is 45.1 cm³/mol. The number of hydrogen-bond acceptors (Lipinski definition) is 2. The average Bonchev–Trinajstić information content (AvgIpc) is 2.29. The molecule has 0 radical (unpaired) electrons. The topological polar surface area (TPSA) is 46.2 Å². The fourth-order valence-electron chi connectivity index (χ4n) is 1.11. The summed E-state index contributed by atoms with van der Waals surface area (Å²) in [6, 6.07) is 0. The van der Waals surface area contributed by atoms with Crippen molar-refractivity contribution in [3.05, 3.63) is 34.4 Å². The van der Waals surface area contributed by atoms with Crippen molar-refractivity contribution in [3.8, 4) is 0 Å². The second kappa shape index (κ2) is 4.30. The quantitative estimate of drug-likeness (QED) is 0.364. The van der Waals surface area contributed by atoms with E-state index in [2.05, 4.69) is 0 Å². The highest BCUT2D eigenvalue weighted by molar-refractivity contribution is 6.01. The minimum absolute atomic E-state index is 0.258. The predicted octanol–water partition coefficient (Wildman–Crippen LogP) is 1.42. The van der Waals surface area contributed by atoms with E-state index < -0.39 is 40.3 Å². The molecule has 0 spiro atoms. The molecule has 0 unspecified atom stereocenters. The van der Waals surface area contributed by atoms with Crippen molar-refractivity contribution in [2.45, 2.75) is 0 Å². The first-order valence-electron chi connectivity index (χ1n) is 3.98. The summed E-state index contributed by atoms with van der Waals surface area (Å²) < 4.78 is 51.6. The van der Waals surface area contributed by atoms with Crippen molar-refractivity contribution < 1.29 is 27.2 Å². The molecule has 0 atom stereocenters. The Morgan fingerprint density at radius 3 is 2.00 bits per heavy atom. The molecule has 0 aliphatic carbocycles. The number of aldehydes is 1. The van der Waals surface area contributed by atoms with Gasteiger partial charge in [0, 0.05) is 7.05 Å². The summed E-state index contributed by atoms with van der Waals surface area (Å²) in [6.07, 6.45) is -0.258. The fraction of sp³-hybridized carbons (Fsp3) is 0.111. The highest BCUT2D eigenvalue weighted by Crippen LogP contribution is 2.22. The van der Waals surface area contributed by atoms with E-state index >= 15 is 0 Å². The van der Waals surface area contributed by atoms with E-state index in [0.29, 0.717) is 0 Å².